The lowest BCUT2D eigenvalue weighted by Gasteiger charge is -2.56. The van der Waals surface area contributed by atoms with Gasteiger partial charge >= 0.3 is 0 Å². The van der Waals surface area contributed by atoms with Crippen LogP contribution in [0.2, 0.25) is 0 Å². The van der Waals surface area contributed by atoms with Crippen molar-refractivity contribution < 1.29 is 5.11 Å². The Labute approximate surface area is 181 Å². The molecule has 1 aromatic rings. The van der Waals surface area contributed by atoms with Gasteiger partial charge in [0.25, 0.3) is 0 Å². The van der Waals surface area contributed by atoms with Crippen LogP contribution in [0.3, 0.4) is 0 Å². The van der Waals surface area contributed by atoms with Crippen LogP contribution in [0.1, 0.15) is 88.4 Å². The van der Waals surface area contributed by atoms with Gasteiger partial charge in [-0.2, -0.15) is 0 Å². The molecule has 9 atom stereocenters. The van der Waals surface area contributed by atoms with E-state index in [0.29, 0.717) is 11.3 Å². The van der Waals surface area contributed by atoms with Crippen molar-refractivity contribution in [3.05, 3.63) is 16.1 Å². The Hall–Kier alpha value is -0.410. The molecule has 0 aliphatic heterocycles. The van der Waals surface area contributed by atoms with E-state index in [9.17, 15) is 5.11 Å². The van der Waals surface area contributed by atoms with Gasteiger partial charge in [0.15, 0.2) is 0 Å². The molecule has 1 N–H and O–H groups in total. The molecule has 1 heterocycles. The summed E-state index contributed by atoms with van der Waals surface area (Å²) in [6, 6.07) is 0. The first-order valence-corrected chi connectivity index (χ1v) is 13.4. The molecule has 0 bridgehead atoms. The van der Waals surface area contributed by atoms with E-state index in [2.05, 4.69) is 25.8 Å². The van der Waals surface area contributed by atoms with E-state index >= 15 is 0 Å². The highest BCUT2D eigenvalue weighted by Crippen LogP contribution is 2.65. The van der Waals surface area contributed by atoms with Gasteiger partial charge in [0.2, 0.25) is 0 Å². The molecule has 4 aliphatic rings. The number of aliphatic hydroxyl groups is 1. The lowest BCUT2D eigenvalue weighted by molar-refractivity contribution is -0.0727. The predicted molar refractivity (Wildman–Crippen MR) is 121 cm³/mol. The maximum Gasteiger partial charge on any atom is 0.0931 e. The Morgan fingerprint density at radius 1 is 1.10 bits per heavy atom. The molecule has 0 aromatic carbocycles. The predicted octanol–water partition coefficient (Wildman–Crippen LogP) is 6.72. The lowest BCUT2D eigenvalue weighted by atomic mass is 9.49. The highest BCUT2D eigenvalue weighted by molar-refractivity contribution is 7.11. The number of rotatable bonds is 4. The first-order valence-electron chi connectivity index (χ1n) is 12.5. The quantitative estimate of drug-likeness (QED) is 0.592. The molecule has 1 aromatic heterocycles. The summed E-state index contributed by atoms with van der Waals surface area (Å²) >= 11 is 1.72. The van der Waals surface area contributed by atoms with Gasteiger partial charge < -0.3 is 5.11 Å². The molecule has 0 radical (unpaired) electrons. The van der Waals surface area contributed by atoms with Crippen molar-refractivity contribution in [2.24, 2.45) is 52.8 Å². The van der Waals surface area contributed by atoms with Crippen LogP contribution in [0.5, 0.6) is 0 Å². The molecule has 162 valence electrons. The third-order valence-corrected chi connectivity index (χ3v) is 11.2. The van der Waals surface area contributed by atoms with Crippen LogP contribution in [0.4, 0.5) is 0 Å². The Kier molecular flexibility index (Phi) is 5.60. The van der Waals surface area contributed by atoms with Crippen molar-refractivity contribution in [2.45, 2.75) is 91.6 Å². The third-order valence-electron chi connectivity index (χ3n) is 10.2. The molecule has 5 rings (SSSR count). The maximum atomic E-state index is 9.37. The zero-order valence-corrected chi connectivity index (χ0v) is 19.6. The third kappa shape index (κ3) is 3.53. The SMILES string of the molecule is C[C@H]1CC[C@@H]2C3CC[C@@]4(C)C(CCC4[C@H](C)Cc4ncc(CO)s4)[C@@H]3CC[C@@H]2C1. The minimum absolute atomic E-state index is 0.138. The van der Waals surface area contributed by atoms with Crippen molar-refractivity contribution in [1.82, 2.24) is 4.98 Å². The number of aliphatic hydroxyl groups excluding tert-OH is 1. The molecule has 29 heavy (non-hydrogen) atoms. The summed E-state index contributed by atoms with van der Waals surface area (Å²) in [6.45, 7) is 7.80. The van der Waals surface area contributed by atoms with Crippen molar-refractivity contribution >= 4 is 11.3 Å². The van der Waals surface area contributed by atoms with Crippen LogP contribution >= 0.6 is 11.3 Å². The van der Waals surface area contributed by atoms with Crippen LogP contribution in [0.15, 0.2) is 6.20 Å². The van der Waals surface area contributed by atoms with Gasteiger partial charge in [0.05, 0.1) is 16.5 Å². The molecule has 3 unspecified atom stereocenters. The van der Waals surface area contributed by atoms with Crippen LogP contribution in [0, 0.1) is 52.8 Å². The first kappa shape index (κ1) is 20.5. The van der Waals surface area contributed by atoms with E-state index in [1.54, 1.807) is 11.3 Å². The van der Waals surface area contributed by atoms with Crippen LogP contribution < -0.4 is 0 Å². The van der Waals surface area contributed by atoms with Gasteiger partial charge in [-0.15, -0.1) is 11.3 Å². The standard InChI is InChI=1S/C26H41NOS/c1-16-4-6-20-18(12-16)5-7-22-21(20)10-11-26(3)23(8-9-24(22)26)17(2)13-25-27-14-19(15-28)29-25/h14,16-18,20-24,28H,4-13,15H2,1-3H3/t16-,17+,18+,20-,21?,22+,23?,24?,26+/m0/s1. The van der Waals surface area contributed by atoms with Gasteiger partial charge in [0, 0.05) is 12.6 Å². The van der Waals surface area contributed by atoms with Gasteiger partial charge in [-0.05, 0) is 104 Å². The van der Waals surface area contributed by atoms with Crippen molar-refractivity contribution in [3.8, 4) is 0 Å². The monoisotopic (exact) mass is 415 g/mol. The minimum atomic E-state index is 0.138. The van der Waals surface area contributed by atoms with Crippen LogP contribution in [-0.2, 0) is 13.0 Å². The van der Waals surface area contributed by atoms with Crippen molar-refractivity contribution in [2.75, 3.05) is 0 Å². The Morgan fingerprint density at radius 3 is 2.72 bits per heavy atom. The molecule has 3 heteroatoms. The zero-order chi connectivity index (χ0) is 20.2. The molecular weight excluding hydrogens is 374 g/mol. The number of thiazole rings is 1. The molecule has 4 aliphatic carbocycles. The number of aromatic nitrogens is 1. The smallest absolute Gasteiger partial charge is 0.0931 e. The van der Waals surface area contributed by atoms with Gasteiger partial charge in [-0.25, -0.2) is 4.98 Å². The van der Waals surface area contributed by atoms with E-state index < -0.39 is 0 Å². The molecule has 0 spiro atoms. The highest BCUT2D eigenvalue weighted by atomic mass is 32.1. The molecule has 4 fully saturated rings. The fourth-order valence-corrected chi connectivity index (χ4v) is 9.92. The lowest BCUT2D eigenvalue weighted by Crippen LogP contribution is -2.49. The number of hydrogen-bond donors (Lipinski definition) is 1. The van der Waals surface area contributed by atoms with Gasteiger partial charge in [-0.1, -0.05) is 27.2 Å². The zero-order valence-electron chi connectivity index (χ0n) is 18.8. The number of nitrogens with zero attached hydrogens (tertiary/aromatic N) is 1. The molecule has 4 saturated carbocycles. The number of hydrogen-bond acceptors (Lipinski definition) is 3. The average molecular weight is 416 g/mol. The maximum absolute atomic E-state index is 9.37. The van der Waals surface area contributed by atoms with Gasteiger partial charge in [-0.3, -0.25) is 0 Å². The molecule has 0 amide bonds. The summed E-state index contributed by atoms with van der Waals surface area (Å²) in [5, 5.41) is 10.6. The second-order valence-corrected chi connectivity index (χ2v) is 12.8. The minimum Gasteiger partial charge on any atom is -0.391 e. The van der Waals surface area contributed by atoms with Crippen LogP contribution in [-0.4, -0.2) is 10.1 Å². The summed E-state index contributed by atoms with van der Waals surface area (Å²) in [7, 11) is 0. The average Bonchev–Trinajstić information content (AvgIpc) is 3.30. The summed E-state index contributed by atoms with van der Waals surface area (Å²) in [6.07, 6.45) is 16.5. The van der Waals surface area contributed by atoms with E-state index in [1.807, 2.05) is 6.20 Å². The largest absolute Gasteiger partial charge is 0.391 e. The first-order chi connectivity index (χ1) is 14.0. The normalized spacial score (nSPS) is 45.3. The van der Waals surface area contributed by atoms with Gasteiger partial charge in [0.1, 0.15) is 0 Å². The topological polar surface area (TPSA) is 33.1 Å². The second-order valence-electron chi connectivity index (χ2n) is 11.6. The summed E-state index contributed by atoms with van der Waals surface area (Å²) in [4.78, 5) is 5.62. The second kappa shape index (κ2) is 7.93. The fourth-order valence-electron chi connectivity index (χ4n) is 9.00. The van der Waals surface area contributed by atoms with Crippen molar-refractivity contribution in [3.63, 3.8) is 0 Å². The van der Waals surface area contributed by atoms with Crippen LogP contribution in [0.25, 0.3) is 0 Å². The summed E-state index contributed by atoms with van der Waals surface area (Å²) < 4.78 is 0. The Balaban J connectivity index is 1.29. The Bertz CT molecular complexity index is 715. The van der Waals surface area contributed by atoms with E-state index in [0.717, 1.165) is 52.7 Å². The highest BCUT2D eigenvalue weighted by Gasteiger charge is 2.57. The number of fused-ring (bicyclic) bond motifs is 5. The van der Waals surface area contributed by atoms with Crippen molar-refractivity contribution in [1.29, 1.82) is 0 Å². The summed E-state index contributed by atoms with van der Waals surface area (Å²) in [5.74, 6) is 7.75. The Morgan fingerprint density at radius 2 is 1.93 bits per heavy atom. The van der Waals surface area contributed by atoms with E-state index in [-0.39, 0.29) is 6.61 Å². The molecule has 0 saturated heterocycles. The summed E-state index contributed by atoms with van der Waals surface area (Å²) in [5.41, 5.74) is 0.562. The van der Waals surface area contributed by atoms with E-state index in [4.69, 9.17) is 0 Å². The molecule has 2 nitrogen and oxygen atoms in total. The fraction of sp³-hybridized carbons (Fsp3) is 0.885. The molecular formula is C26H41NOS. The van der Waals surface area contributed by atoms with E-state index in [1.165, 1.54) is 62.8 Å².